The zero-order valence-electron chi connectivity index (χ0n) is 15.7. The number of halogens is 2. The molecular weight excluding hydrogens is 450 g/mol. The van der Waals surface area contributed by atoms with Crippen LogP contribution in [0.3, 0.4) is 0 Å². The van der Waals surface area contributed by atoms with E-state index in [1.54, 1.807) is 0 Å². The number of benzene rings is 2. The summed E-state index contributed by atoms with van der Waals surface area (Å²) in [5.74, 6) is 0.516. The number of hydrogen-bond donors (Lipinski definition) is 0. The number of allylic oxidation sites excluding steroid dienone is 2. The van der Waals surface area contributed by atoms with Gasteiger partial charge in [0.2, 0.25) is 0 Å². The summed E-state index contributed by atoms with van der Waals surface area (Å²) in [7, 11) is 14.6. The van der Waals surface area contributed by atoms with E-state index in [1.807, 2.05) is 0 Å². The van der Waals surface area contributed by atoms with Crippen LogP contribution in [0.15, 0.2) is 60.7 Å². The molecule has 2 aliphatic carbocycles. The van der Waals surface area contributed by atoms with Crippen molar-refractivity contribution in [3.8, 4) is 0 Å². The van der Waals surface area contributed by atoms with Gasteiger partial charge >= 0.3 is 176 Å². The Balaban J connectivity index is 1.51. The average molecular weight is 477 g/mol. The van der Waals surface area contributed by atoms with Gasteiger partial charge in [-0.05, 0) is 0 Å². The van der Waals surface area contributed by atoms with Crippen molar-refractivity contribution in [1.82, 2.24) is 0 Å². The van der Waals surface area contributed by atoms with Crippen LogP contribution in [0.25, 0.3) is 12.2 Å². The summed E-state index contributed by atoms with van der Waals surface area (Å²) in [6.45, 7) is 2.26. The first-order valence-electron chi connectivity index (χ1n) is 10.0. The second kappa shape index (κ2) is 8.40. The fraction of sp³-hybridized carbons (Fsp3) is 0.333. The molecule has 0 bridgehead atoms. The molecule has 3 atom stereocenters. The van der Waals surface area contributed by atoms with E-state index in [0.717, 1.165) is 25.7 Å². The van der Waals surface area contributed by atoms with Crippen molar-refractivity contribution in [2.75, 3.05) is 0 Å². The predicted molar refractivity (Wildman–Crippen MR) is 116 cm³/mol. The second-order valence-electron chi connectivity index (χ2n) is 7.80. The predicted octanol–water partition coefficient (Wildman–Crippen LogP) is 8.40. The topological polar surface area (TPSA) is 0 Å². The maximum atomic E-state index is 7.31. The number of rotatable bonds is 7. The van der Waals surface area contributed by atoms with Crippen LogP contribution in [0, 0.1) is 0 Å². The van der Waals surface area contributed by atoms with Crippen molar-refractivity contribution in [2.45, 2.75) is 45.8 Å². The number of hydrogen-bond acceptors (Lipinski definition) is 0. The van der Waals surface area contributed by atoms with Gasteiger partial charge in [-0.25, -0.2) is 0 Å². The van der Waals surface area contributed by atoms with E-state index in [0.29, 0.717) is 9.54 Å². The second-order valence-corrected chi connectivity index (χ2v) is 23.2. The van der Waals surface area contributed by atoms with Crippen LogP contribution in [-0.2, 0) is 17.9 Å². The zero-order chi connectivity index (χ0) is 18.9. The minimum absolute atomic E-state index is 0.279. The van der Waals surface area contributed by atoms with Crippen molar-refractivity contribution < 1.29 is 17.9 Å². The molecule has 0 aromatic heterocycles. The fourth-order valence-electron chi connectivity index (χ4n) is 4.67. The van der Waals surface area contributed by atoms with Gasteiger partial charge < -0.3 is 0 Å². The Kier molecular flexibility index (Phi) is 6.13. The van der Waals surface area contributed by atoms with E-state index in [4.69, 9.17) is 17.0 Å². The van der Waals surface area contributed by atoms with Crippen LogP contribution in [0.2, 0.25) is 3.63 Å². The van der Waals surface area contributed by atoms with Crippen molar-refractivity contribution >= 4 is 29.2 Å². The normalized spacial score (nSPS) is 21.3. The molecule has 0 saturated heterocycles. The maximum absolute atomic E-state index is 7.31. The van der Waals surface area contributed by atoms with Crippen molar-refractivity contribution in [2.24, 2.45) is 0 Å². The summed E-state index contributed by atoms with van der Waals surface area (Å²) in [6.07, 6.45) is 13.7. The van der Waals surface area contributed by atoms with Crippen LogP contribution in [0.1, 0.15) is 64.4 Å². The summed E-state index contributed by atoms with van der Waals surface area (Å²) in [6, 6.07) is 17.3. The molecule has 0 saturated carbocycles. The van der Waals surface area contributed by atoms with Crippen LogP contribution < -0.4 is 0 Å². The van der Waals surface area contributed by atoms with Crippen molar-refractivity contribution in [3.63, 3.8) is 0 Å². The Bertz CT molecular complexity index is 868. The summed E-state index contributed by atoms with van der Waals surface area (Å²) in [5, 5.41) is 0. The van der Waals surface area contributed by atoms with Crippen molar-refractivity contribution in [3.05, 3.63) is 82.9 Å². The molecule has 0 N–H and O–H groups in total. The molecule has 140 valence electrons. The van der Waals surface area contributed by atoms with Gasteiger partial charge in [0, 0.05) is 0 Å². The van der Waals surface area contributed by atoms with Gasteiger partial charge in [0.15, 0.2) is 0 Å². The molecule has 2 aliphatic rings. The Labute approximate surface area is 174 Å². The monoisotopic (exact) mass is 474 g/mol. The molecule has 2 aromatic carbocycles. The molecule has 0 spiro atoms. The Morgan fingerprint density at radius 1 is 0.852 bits per heavy atom. The van der Waals surface area contributed by atoms with Gasteiger partial charge in [0.05, 0.1) is 0 Å². The molecule has 0 aliphatic heterocycles. The van der Waals surface area contributed by atoms with Gasteiger partial charge in [-0.3, -0.25) is 0 Å². The summed E-state index contributed by atoms with van der Waals surface area (Å²) in [5.41, 5.74) is 5.48. The average Bonchev–Trinajstić information content (AvgIpc) is 3.29. The first kappa shape index (κ1) is 19.7. The Morgan fingerprint density at radius 2 is 1.48 bits per heavy atom. The summed E-state index contributed by atoms with van der Waals surface area (Å²) in [4.78, 5) is 0. The minimum atomic E-state index is -3.39. The standard InChI is InChI=1S/C15H19.C9H7.2ClH.Zr/c1-2-3-4-5-8-13-11-12-14-9-6-7-10-15(13)14;1-2-5-9-7-3-6-8(9)4-1;;;/h4,6-7,9-13H,2-3,5,8H2,1H3;1-7H;2*1H;/q;;;;+2/p-2. The molecule has 0 fully saturated rings. The molecule has 3 heteroatoms. The molecule has 3 unspecified atom stereocenters. The first-order chi connectivity index (χ1) is 13.1. The third-order valence-corrected chi connectivity index (χ3v) is 19.9. The summed E-state index contributed by atoms with van der Waals surface area (Å²) < 4.78 is 0.761. The van der Waals surface area contributed by atoms with E-state index in [1.165, 1.54) is 22.3 Å². The summed E-state index contributed by atoms with van der Waals surface area (Å²) >= 11 is -3.39. The number of fused-ring (bicyclic) bond motifs is 2. The SMILES string of the molecule is CCC[CH](CCC1C=Cc2ccccc21)[Zr]([Cl])([Cl])[CH]1C=Cc2ccccc21. The zero-order valence-corrected chi connectivity index (χ0v) is 19.7. The van der Waals surface area contributed by atoms with Gasteiger partial charge in [-0.1, -0.05) is 0 Å². The Morgan fingerprint density at radius 3 is 2.22 bits per heavy atom. The molecule has 0 nitrogen and oxygen atoms in total. The molecule has 4 rings (SSSR count). The van der Waals surface area contributed by atoms with E-state index in [2.05, 4.69) is 79.8 Å². The van der Waals surface area contributed by atoms with Gasteiger partial charge in [0.1, 0.15) is 0 Å². The van der Waals surface area contributed by atoms with E-state index in [9.17, 15) is 0 Å². The van der Waals surface area contributed by atoms with Crippen LogP contribution in [-0.4, -0.2) is 0 Å². The third-order valence-electron chi connectivity index (χ3n) is 6.13. The molecule has 0 amide bonds. The fourth-order valence-corrected chi connectivity index (χ4v) is 16.3. The van der Waals surface area contributed by atoms with E-state index < -0.39 is 17.9 Å². The first-order valence-corrected chi connectivity index (χ1v) is 19.2. The molecule has 2 aromatic rings. The van der Waals surface area contributed by atoms with Crippen molar-refractivity contribution in [1.29, 1.82) is 0 Å². The van der Waals surface area contributed by atoms with Gasteiger partial charge in [-0.2, -0.15) is 0 Å². The molecule has 0 heterocycles. The molecular formula is C24H26Cl2Zr. The molecule has 27 heavy (non-hydrogen) atoms. The van der Waals surface area contributed by atoms with Crippen LogP contribution in [0.4, 0.5) is 0 Å². The quantitative estimate of drug-likeness (QED) is 0.376. The van der Waals surface area contributed by atoms with Gasteiger partial charge in [-0.15, -0.1) is 0 Å². The van der Waals surface area contributed by atoms with E-state index >= 15 is 0 Å². The van der Waals surface area contributed by atoms with Crippen LogP contribution in [0.5, 0.6) is 0 Å². The van der Waals surface area contributed by atoms with Gasteiger partial charge in [0.25, 0.3) is 0 Å². The van der Waals surface area contributed by atoms with Crippen LogP contribution >= 0.6 is 17.0 Å². The van der Waals surface area contributed by atoms with E-state index in [-0.39, 0.29) is 3.63 Å². The Hall–Kier alpha value is -0.617. The third kappa shape index (κ3) is 3.94. The molecule has 0 radical (unpaired) electrons.